The van der Waals surface area contributed by atoms with E-state index in [1.54, 1.807) is 29.9 Å². The molecule has 212 valence electrons. The van der Waals surface area contributed by atoms with Gasteiger partial charge in [0.2, 0.25) is 0 Å². The Labute approximate surface area is 243 Å². The third-order valence-electron chi connectivity index (χ3n) is 6.03. The summed E-state index contributed by atoms with van der Waals surface area (Å²) in [5.41, 5.74) is 5.32. The normalized spacial score (nSPS) is 11.7. The summed E-state index contributed by atoms with van der Waals surface area (Å²) in [6.07, 6.45) is -1.63. The zero-order valence-electron chi connectivity index (χ0n) is 21.5. The lowest BCUT2D eigenvalue weighted by atomic mass is 10.0. The Hall–Kier alpha value is -4.24. The summed E-state index contributed by atoms with van der Waals surface area (Å²) in [6.45, 7) is 3.99. The van der Waals surface area contributed by atoms with Gasteiger partial charge in [-0.2, -0.15) is 23.4 Å². The van der Waals surface area contributed by atoms with Gasteiger partial charge in [0.1, 0.15) is 21.2 Å². The number of nitrogens with one attached hydrogen (secondary N) is 1. The molecule has 0 radical (unpaired) electrons. The summed E-state index contributed by atoms with van der Waals surface area (Å²) >= 11 is 4.01. The van der Waals surface area contributed by atoms with Crippen molar-refractivity contribution >= 4 is 55.0 Å². The Bertz CT molecular complexity index is 1780. The van der Waals surface area contributed by atoms with E-state index in [9.17, 15) is 22.8 Å². The third kappa shape index (κ3) is 5.81. The van der Waals surface area contributed by atoms with Crippen LogP contribution in [0, 0.1) is 6.92 Å². The van der Waals surface area contributed by atoms with Crippen LogP contribution < -0.4 is 15.8 Å². The summed E-state index contributed by atoms with van der Waals surface area (Å²) in [4.78, 5) is 29.1. The lowest BCUT2D eigenvalue weighted by Gasteiger charge is -2.11. The Morgan fingerprint density at radius 3 is 2.49 bits per heavy atom. The standard InChI is InChI=1S/C26H21BrF3N7O3S/c1-3-36-11-17(13(2)34-36)16-10-19(26(28,29)30)32-25-20(16)21(22(41-25)23(31)38)33-24(39)18-8-9-37(35-18)12-40-15-6-4-14(27)5-7-15/h4-11H,3,12H2,1-2H3,(H2,31,38)(H,33,39). The fourth-order valence-electron chi connectivity index (χ4n) is 4.10. The number of nitrogens with two attached hydrogens (primary N) is 1. The number of rotatable bonds is 8. The van der Waals surface area contributed by atoms with E-state index in [-0.39, 0.29) is 38.8 Å². The highest BCUT2D eigenvalue weighted by Crippen LogP contribution is 2.44. The minimum atomic E-state index is -4.76. The van der Waals surface area contributed by atoms with Crippen molar-refractivity contribution in [1.29, 1.82) is 0 Å². The predicted molar refractivity (Wildman–Crippen MR) is 150 cm³/mol. The smallest absolute Gasteiger partial charge is 0.433 e. The van der Waals surface area contributed by atoms with Crippen LogP contribution >= 0.6 is 27.3 Å². The molecule has 0 aliphatic carbocycles. The van der Waals surface area contributed by atoms with Crippen molar-refractivity contribution in [2.45, 2.75) is 33.3 Å². The number of amides is 2. The predicted octanol–water partition coefficient (Wildman–Crippen LogP) is 5.85. The molecule has 5 rings (SSSR count). The summed E-state index contributed by atoms with van der Waals surface area (Å²) in [5, 5.41) is 11.3. The number of fused-ring (bicyclic) bond motifs is 1. The molecule has 41 heavy (non-hydrogen) atoms. The van der Waals surface area contributed by atoms with Gasteiger partial charge in [-0.1, -0.05) is 15.9 Å². The van der Waals surface area contributed by atoms with Crippen LogP contribution in [-0.4, -0.2) is 36.4 Å². The van der Waals surface area contributed by atoms with Gasteiger partial charge in [0.15, 0.2) is 12.4 Å². The van der Waals surface area contributed by atoms with E-state index in [1.165, 1.54) is 16.9 Å². The van der Waals surface area contributed by atoms with Gasteiger partial charge in [-0.25, -0.2) is 9.67 Å². The molecule has 15 heteroatoms. The highest BCUT2D eigenvalue weighted by atomic mass is 79.9. The van der Waals surface area contributed by atoms with Crippen molar-refractivity contribution in [3.8, 4) is 16.9 Å². The van der Waals surface area contributed by atoms with Crippen LogP contribution in [0.2, 0.25) is 0 Å². The van der Waals surface area contributed by atoms with Crippen molar-refractivity contribution in [1.82, 2.24) is 24.5 Å². The van der Waals surface area contributed by atoms with Crippen LogP contribution in [0.25, 0.3) is 21.3 Å². The van der Waals surface area contributed by atoms with E-state index >= 15 is 0 Å². The maximum Gasteiger partial charge on any atom is 0.433 e. The number of aromatic nitrogens is 5. The number of pyridine rings is 1. The van der Waals surface area contributed by atoms with Crippen LogP contribution in [0.3, 0.4) is 0 Å². The Balaban J connectivity index is 1.54. The van der Waals surface area contributed by atoms with Crippen LogP contribution in [0.4, 0.5) is 18.9 Å². The van der Waals surface area contributed by atoms with Gasteiger partial charge in [-0.15, -0.1) is 11.3 Å². The zero-order chi connectivity index (χ0) is 29.5. The van der Waals surface area contributed by atoms with Crippen molar-refractivity contribution in [3.63, 3.8) is 0 Å². The fraction of sp³-hybridized carbons (Fsp3) is 0.192. The highest BCUT2D eigenvalue weighted by molar-refractivity contribution is 9.10. The SMILES string of the molecule is CCn1cc(-c2cc(C(F)(F)F)nc3sc(C(N)=O)c(NC(=O)c4ccn(COc5ccc(Br)cc5)n4)c23)c(C)n1. The molecule has 10 nitrogen and oxygen atoms in total. The van der Waals surface area contributed by atoms with Crippen molar-refractivity contribution in [2.75, 3.05) is 5.32 Å². The second kappa shape index (κ2) is 11.0. The average molecular weight is 648 g/mol. The second-order valence-electron chi connectivity index (χ2n) is 8.81. The number of aryl methyl sites for hydroxylation is 2. The number of hydrogen-bond acceptors (Lipinski definition) is 7. The van der Waals surface area contributed by atoms with Gasteiger partial charge in [0, 0.05) is 34.4 Å². The number of carbonyl (C=O) groups is 2. The summed E-state index contributed by atoms with van der Waals surface area (Å²) in [6, 6.07) is 9.47. The molecule has 0 aliphatic heterocycles. The van der Waals surface area contributed by atoms with E-state index in [1.807, 2.05) is 19.1 Å². The van der Waals surface area contributed by atoms with Crippen molar-refractivity contribution in [3.05, 3.63) is 75.2 Å². The average Bonchev–Trinajstić information content (AvgIpc) is 3.64. The van der Waals surface area contributed by atoms with Gasteiger partial charge in [0.05, 0.1) is 11.4 Å². The molecule has 1 aromatic carbocycles. The first-order valence-corrected chi connectivity index (χ1v) is 13.7. The number of thiophene rings is 1. The van der Waals surface area contributed by atoms with E-state index in [0.717, 1.165) is 10.5 Å². The first-order chi connectivity index (χ1) is 19.4. The van der Waals surface area contributed by atoms with E-state index in [4.69, 9.17) is 10.5 Å². The van der Waals surface area contributed by atoms with Crippen LogP contribution in [0.5, 0.6) is 5.75 Å². The maximum absolute atomic E-state index is 13.8. The lowest BCUT2D eigenvalue weighted by Crippen LogP contribution is -2.18. The number of halogens is 4. The molecule has 5 aromatic rings. The Morgan fingerprint density at radius 2 is 1.85 bits per heavy atom. The first kappa shape index (κ1) is 28.3. The number of nitrogens with zero attached hydrogens (tertiary/aromatic N) is 5. The van der Waals surface area contributed by atoms with Gasteiger partial charge in [-0.3, -0.25) is 14.3 Å². The molecule has 0 spiro atoms. The summed E-state index contributed by atoms with van der Waals surface area (Å²) in [5.74, 6) is -1.05. The topological polar surface area (TPSA) is 130 Å². The third-order valence-corrected chi connectivity index (χ3v) is 7.65. The largest absolute Gasteiger partial charge is 0.471 e. The van der Waals surface area contributed by atoms with E-state index in [2.05, 4.69) is 36.4 Å². The number of ether oxygens (including phenoxy) is 1. The number of alkyl halides is 3. The molecule has 0 saturated heterocycles. The Morgan fingerprint density at radius 1 is 1.12 bits per heavy atom. The minimum absolute atomic E-state index is 0.0117. The molecular weight excluding hydrogens is 627 g/mol. The number of primary amides is 1. The molecule has 0 aliphatic rings. The molecule has 0 atom stereocenters. The van der Waals surface area contributed by atoms with Gasteiger partial charge in [-0.05, 0) is 55.8 Å². The molecule has 3 N–H and O–H groups in total. The lowest BCUT2D eigenvalue weighted by molar-refractivity contribution is -0.140. The monoisotopic (exact) mass is 647 g/mol. The van der Waals surface area contributed by atoms with Gasteiger partial charge >= 0.3 is 6.18 Å². The van der Waals surface area contributed by atoms with E-state index < -0.39 is 23.7 Å². The molecule has 4 aromatic heterocycles. The molecule has 0 saturated carbocycles. The number of anilines is 1. The quantitative estimate of drug-likeness (QED) is 0.217. The fourth-order valence-corrected chi connectivity index (χ4v) is 5.37. The minimum Gasteiger partial charge on any atom is -0.471 e. The van der Waals surface area contributed by atoms with Gasteiger partial charge < -0.3 is 15.8 Å². The second-order valence-corrected chi connectivity index (χ2v) is 10.7. The van der Waals surface area contributed by atoms with Crippen LogP contribution in [0.1, 0.15) is 38.5 Å². The molecule has 0 unspecified atom stereocenters. The highest BCUT2D eigenvalue weighted by Gasteiger charge is 2.35. The summed E-state index contributed by atoms with van der Waals surface area (Å²) < 4.78 is 50.9. The molecule has 0 bridgehead atoms. The number of hydrogen-bond donors (Lipinski definition) is 2. The maximum atomic E-state index is 13.8. The molecule has 4 heterocycles. The number of benzene rings is 1. The molecule has 0 fully saturated rings. The Kier molecular flexibility index (Phi) is 7.57. The van der Waals surface area contributed by atoms with E-state index in [0.29, 0.717) is 34.9 Å². The van der Waals surface area contributed by atoms with Crippen LogP contribution in [0.15, 0.2) is 53.3 Å². The van der Waals surface area contributed by atoms with Gasteiger partial charge in [0.25, 0.3) is 11.8 Å². The zero-order valence-corrected chi connectivity index (χ0v) is 23.9. The van der Waals surface area contributed by atoms with Crippen LogP contribution in [-0.2, 0) is 19.5 Å². The number of carbonyl (C=O) groups excluding carboxylic acids is 2. The summed E-state index contributed by atoms with van der Waals surface area (Å²) in [7, 11) is 0. The first-order valence-electron chi connectivity index (χ1n) is 12.1. The molecule has 2 amide bonds. The molecular formula is C26H21BrF3N7O3S. The van der Waals surface area contributed by atoms with Crippen molar-refractivity contribution < 1.29 is 27.5 Å². The van der Waals surface area contributed by atoms with Crippen molar-refractivity contribution in [2.24, 2.45) is 5.73 Å².